The second-order valence-electron chi connectivity index (χ2n) is 5.87. The molecule has 0 bridgehead atoms. The van der Waals surface area contributed by atoms with E-state index in [-0.39, 0.29) is 18.5 Å². The highest BCUT2D eigenvalue weighted by Crippen LogP contribution is 2.30. The SMILES string of the molecule is O=C(O)C1Cc2ccccc2N(C(=O)CC2CCCN2)C1. The number of carboxylic acids is 1. The maximum absolute atomic E-state index is 12.6. The predicted molar refractivity (Wildman–Crippen MR) is 79.3 cm³/mol. The molecule has 1 amide bonds. The van der Waals surface area contributed by atoms with E-state index in [4.69, 9.17) is 0 Å². The standard InChI is InChI=1S/C16H20N2O3/c19-15(9-13-5-3-7-17-13)18-10-12(16(20)21)8-11-4-1-2-6-14(11)18/h1-2,4,6,12-13,17H,3,5,7-10H2,(H,20,21). The first-order chi connectivity index (χ1) is 10.1. The van der Waals surface area contributed by atoms with E-state index in [0.29, 0.717) is 12.8 Å². The van der Waals surface area contributed by atoms with E-state index in [0.717, 1.165) is 30.6 Å². The molecule has 1 aromatic rings. The number of carboxylic acid groups (broad SMARTS) is 1. The lowest BCUT2D eigenvalue weighted by molar-refractivity contribution is -0.141. The summed E-state index contributed by atoms with van der Waals surface area (Å²) in [5.74, 6) is -1.32. The van der Waals surface area contributed by atoms with Crippen molar-refractivity contribution in [2.75, 3.05) is 18.0 Å². The van der Waals surface area contributed by atoms with Gasteiger partial charge >= 0.3 is 5.97 Å². The minimum Gasteiger partial charge on any atom is -0.481 e. The Morgan fingerprint density at radius 2 is 2.14 bits per heavy atom. The zero-order valence-corrected chi connectivity index (χ0v) is 11.9. The van der Waals surface area contributed by atoms with Crippen molar-refractivity contribution in [2.45, 2.75) is 31.7 Å². The highest BCUT2D eigenvalue weighted by atomic mass is 16.4. The van der Waals surface area contributed by atoms with Crippen LogP contribution in [0.2, 0.25) is 0 Å². The first-order valence-electron chi connectivity index (χ1n) is 7.49. The Hall–Kier alpha value is -1.88. The second kappa shape index (κ2) is 5.85. The van der Waals surface area contributed by atoms with E-state index < -0.39 is 11.9 Å². The molecule has 2 N–H and O–H groups in total. The van der Waals surface area contributed by atoms with Crippen LogP contribution in [-0.4, -0.2) is 36.1 Å². The van der Waals surface area contributed by atoms with E-state index in [1.165, 1.54) is 0 Å². The number of nitrogens with one attached hydrogen (secondary N) is 1. The molecule has 0 radical (unpaired) electrons. The fourth-order valence-electron chi connectivity index (χ4n) is 3.25. The van der Waals surface area contributed by atoms with Gasteiger partial charge in [-0.3, -0.25) is 9.59 Å². The highest BCUT2D eigenvalue weighted by Gasteiger charge is 2.33. The summed E-state index contributed by atoms with van der Waals surface area (Å²) < 4.78 is 0. The third-order valence-corrected chi connectivity index (χ3v) is 4.39. The molecule has 2 heterocycles. The maximum Gasteiger partial charge on any atom is 0.308 e. The van der Waals surface area contributed by atoms with Gasteiger partial charge in [-0.2, -0.15) is 0 Å². The van der Waals surface area contributed by atoms with Gasteiger partial charge in [-0.25, -0.2) is 0 Å². The highest BCUT2D eigenvalue weighted by molar-refractivity contribution is 5.96. The molecule has 5 nitrogen and oxygen atoms in total. The Kier molecular flexibility index (Phi) is 3.92. The molecule has 2 atom stereocenters. The summed E-state index contributed by atoms with van der Waals surface area (Å²) in [5, 5.41) is 12.6. The van der Waals surface area contributed by atoms with Crippen LogP contribution in [0.3, 0.4) is 0 Å². The quantitative estimate of drug-likeness (QED) is 0.882. The fraction of sp³-hybridized carbons (Fsp3) is 0.500. The number of aliphatic carboxylic acids is 1. The van der Waals surface area contributed by atoms with Gasteiger partial charge in [0.15, 0.2) is 0 Å². The summed E-state index contributed by atoms with van der Waals surface area (Å²) >= 11 is 0. The van der Waals surface area contributed by atoms with E-state index >= 15 is 0 Å². The van der Waals surface area contributed by atoms with Gasteiger partial charge < -0.3 is 15.3 Å². The monoisotopic (exact) mass is 288 g/mol. The van der Waals surface area contributed by atoms with Gasteiger partial charge in [-0.1, -0.05) is 18.2 Å². The number of hydrogen-bond donors (Lipinski definition) is 2. The molecule has 2 aliphatic rings. The topological polar surface area (TPSA) is 69.6 Å². The van der Waals surface area contributed by atoms with Crippen LogP contribution in [0.5, 0.6) is 0 Å². The lowest BCUT2D eigenvalue weighted by atomic mass is 9.92. The number of fused-ring (bicyclic) bond motifs is 1. The van der Waals surface area contributed by atoms with Gasteiger partial charge in [0.1, 0.15) is 0 Å². The molecule has 0 saturated carbocycles. The number of carbonyl (C=O) groups is 2. The number of benzene rings is 1. The maximum atomic E-state index is 12.6. The number of rotatable bonds is 3. The van der Waals surface area contributed by atoms with Crippen LogP contribution in [0.15, 0.2) is 24.3 Å². The third-order valence-electron chi connectivity index (χ3n) is 4.39. The van der Waals surface area contributed by atoms with Crippen LogP contribution in [-0.2, 0) is 16.0 Å². The van der Waals surface area contributed by atoms with Crippen molar-refractivity contribution in [3.63, 3.8) is 0 Å². The van der Waals surface area contributed by atoms with Crippen LogP contribution in [0, 0.1) is 5.92 Å². The van der Waals surface area contributed by atoms with Crippen molar-refractivity contribution < 1.29 is 14.7 Å². The first-order valence-corrected chi connectivity index (χ1v) is 7.49. The summed E-state index contributed by atoms with van der Waals surface area (Å²) in [6, 6.07) is 7.85. The molecule has 21 heavy (non-hydrogen) atoms. The molecule has 0 aromatic heterocycles. The summed E-state index contributed by atoms with van der Waals surface area (Å²) in [6.07, 6.45) is 3.06. The predicted octanol–water partition coefficient (Wildman–Crippen LogP) is 1.42. The van der Waals surface area contributed by atoms with Crippen LogP contribution in [0.25, 0.3) is 0 Å². The molecule has 112 valence electrons. The number of para-hydroxylation sites is 1. The zero-order valence-electron chi connectivity index (χ0n) is 11.9. The van der Waals surface area contributed by atoms with Crippen molar-refractivity contribution in [2.24, 2.45) is 5.92 Å². The molecule has 3 rings (SSSR count). The minimum absolute atomic E-state index is 0.0211. The average Bonchev–Trinajstić information content (AvgIpc) is 2.98. The Morgan fingerprint density at radius 1 is 1.33 bits per heavy atom. The summed E-state index contributed by atoms with van der Waals surface area (Å²) in [5.41, 5.74) is 1.82. The van der Waals surface area contributed by atoms with Crippen molar-refractivity contribution >= 4 is 17.6 Å². The Bertz CT molecular complexity index is 552. The summed E-state index contributed by atoms with van der Waals surface area (Å²) in [6.45, 7) is 1.24. The van der Waals surface area contributed by atoms with Crippen LogP contribution >= 0.6 is 0 Å². The van der Waals surface area contributed by atoms with Gasteiger partial charge in [0, 0.05) is 24.7 Å². The molecule has 5 heteroatoms. The lowest BCUT2D eigenvalue weighted by Gasteiger charge is -2.33. The van der Waals surface area contributed by atoms with Crippen LogP contribution < -0.4 is 10.2 Å². The fourth-order valence-corrected chi connectivity index (χ4v) is 3.25. The number of anilines is 1. The third kappa shape index (κ3) is 2.93. The molecule has 0 spiro atoms. The average molecular weight is 288 g/mol. The van der Waals surface area contributed by atoms with Crippen molar-refractivity contribution in [1.29, 1.82) is 0 Å². The first kappa shape index (κ1) is 14.1. The van der Waals surface area contributed by atoms with Gasteiger partial charge in [0.2, 0.25) is 5.91 Å². The number of hydrogen-bond acceptors (Lipinski definition) is 3. The molecule has 1 fully saturated rings. The normalized spacial score (nSPS) is 24.7. The molecular weight excluding hydrogens is 268 g/mol. The van der Waals surface area contributed by atoms with E-state index in [1.807, 2.05) is 24.3 Å². The minimum atomic E-state index is -0.832. The van der Waals surface area contributed by atoms with E-state index in [2.05, 4.69) is 5.32 Å². The molecule has 2 unspecified atom stereocenters. The van der Waals surface area contributed by atoms with E-state index in [9.17, 15) is 14.7 Å². The zero-order chi connectivity index (χ0) is 14.8. The smallest absolute Gasteiger partial charge is 0.308 e. The molecule has 1 aromatic carbocycles. The molecular formula is C16H20N2O3. The second-order valence-corrected chi connectivity index (χ2v) is 5.87. The summed E-state index contributed by atoms with van der Waals surface area (Å²) in [7, 11) is 0. The largest absolute Gasteiger partial charge is 0.481 e. The van der Waals surface area contributed by atoms with Gasteiger partial charge in [-0.05, 0) is 37.4 Å². The molecule has 1 saturated heterocycles. The van der Waals surface area contributed by atoms with Gasteiger partial charge in [0.05, 0.1) is 5.92 Å². The molecule has 2 aliphatic heterocycles. The van der Waals surface area contributed by atoms with Crippen LogP contribution in [0.1, 0.15) is 24.8 Å². The van der Waals surface area contributed by atoms with E-state index in [1.54, 1.807) is 4.90 Å². The number of nitrogens with zero attached hydrogens (tertiary/aromatic N) is 1. The Balaban J connectivity index is 1.81. The van der Waals surface area contributed by atoms with Gasteiger partial charge in [-0.15, -0.1) is 0 Å². The lowest BCUT2D eigenvalue weighted by Crippen LogP contribution is -2.44. The van der Waals surface area contributed by atoms with Crippen molar-refractivity contribution in [1.82, 2.24) is 5.32 Å². The number of carbonyl (C=O) groups excluding carboxylic acids is 1. The van der Waals surface area contributed by atoms with Gasteiger partial charge in [0.25, 0.3) is 0 Å². The summed E-state index contributed by atoms with van der Waals surface area (Å²) in [4.78, 5) is 25.6. The Labute approximate surface area is 123 Å². The number of amides is 1. The van der Waals surface area contributed by atoms with Crippen LogP contribution in [0.4, 0.5) is 5.69 Å². The Morgan fingerprint density at radius 3 is 2.86 bits per heavy atom. The van der Waals surface area contributed by atoms with Crippen molar-refractivity contribution in [3.05, 3.63) is 29.8 Å². The van der Waals surface area contributed by atoms with Crippen molar-refractivity contribution in [3.8, 4) is 0 Å². The molecule has 0 aliphatic carbocycles.